The predicted molar refractivity (Wildman–Crippen MR) is 78.9 cm³/mol. The summed E-state index contributed by atoms with van der Waals surface area (Å²) in [5.41, 5.74) is 0.0838. The van der Waals surface area contributed by atoms with Crippen molar-refractivity contribution < 1.29 is 4.79 Å². The summed E-state index contributed by atoms with van der Waals surface area (Å²) in [5.74, 6) is 1.66. The number of amides is 1. The van der Waals surface area contributed by atoms with Gasteiger partial charge in [0.1, 0.15) is 0 Å². The predicted octanol–water partition coefficient (Wildman–Crippen LogP) is 2.71. The maximum absolute atomic E-state index is 12.4. The lowest BCUT2D eigenvalue weighted by molar-refractivity contribution is -0.127. The van der Waals surface area contributed by atoms with Gasteiger partial charge < -0.3 is 10.6 Å². The van der Waals surface area contributed by atoms with Gasteiger partial charge in [-0.2, -0.15) is 0 Å². The Balaban J connectivity index is 1.83. The van der Waals surface area contributed by atoms with E-state index in [2.05, 4.69) is 31.4 Å². The molecule has 0 bridgehead atoms. The summed E-state index contributed by atoms with van der Waals surface area (Å²) in [7, 11) is 0. The third-order valence-electron chi connectivity index (χ3n) is 5.22. The van der Waals surface area contributed by atoms with Gasteiger partial charge in [-0.15, -0.1) is 0 Å². The molecule has 0 spiro atoms. The van der Waals surface area contributed by atoms with Crippen LogP contribution >= 0.6 is 0 Å². The maximum atomic E-state index is 12.4. The molecule has 110 valence electrons. The standard InChI is InChI=1S/C16H30N2O/c1-12-7-4-5-8-13(12)11-18-15(19)14-16(2,3)9-6-10-17-14/h12-14,17H,4-11H2,1-3H3,(H,18,19). The van der Waals surface area contributed by atoms with Crippen molar-refractivity contribution in [1.82, 2.24) is 10.6 Å². The van der Waals surface area contributed by atoms with Crippen LogP contribution in [0.25, 0.3) is 0 Å². The van der Waals surface area contributed by atoms with E-state index >= 15 is 0 Å². The van der Waals surface area contributed by atoms with Crippen LogP contribution in [0.5, 0.6) is 0 Å². The van der Waals surface area contributed by atoms with Gasteiger partial charge in [-0.3, -0.25) is 4.79 Å². The minimum Gasteiger partial charge on any atom is -0.354 e. The molecule has 1 amide bonds. The van der Waals surface area contributed by atoms with E-state index < -0.39 is 0 Å². The normalized spacial score (nSPS) is 34.8. The van der Waals surface area contributed by atoms with Crippen LogP contribution in [0.2, 0.25) is 0 Å². The molecule has 1 aliphatic heterocycles. The van der Waals surface area contributed by atoms with Gasteiger partial charge in [0.25, 0.3) is 0 Å². The Kier molecular flexibility index (Phi) is 4.88. The summed E-state index contributed by atoms with van der Waals surface area (Å²) in [4.78, 5) is 12.4. The number of hydrogen-bond donors (Lipinski definition) is 2. The van der Waals surface area contributed by atoms with E-state index in [0.29, 0.717) is 5.92 Å². The van der Waals surface area contributed by atoms with Crippen LogP contribution in [-0.4, -0.2) is 25.0 Å². The zero-order chi connectivity index (χ0) is 13.9. The highest BCUT2D eigenvalue weighted by atomic mass is 16.2. The van der Waals surface area contributed by atoms with Crippen LogP contribution in [0.3, 0.4) is 0 Å². The van der Waals surface area contributed by atoms with Crippen LogP contribution in [0.15, 0.2) is 0 Å². The topological polar surface area (TPSA) is 41.1 Å². The first-order valence-electron chi connectivity index (χ1n) is 8.02. The average molecular weight is 266 g/mol. The van der Waals surface area contributed by atoms with Gasteiger partial charge in [0.05, 0.1) is 6.04 Å². The molecular weight excluding hydrogens is 236 g/mol. The Bertz CT molecular complexity index is 314. The molecule has 3 nitrogen and oxygen atoms in total. The molecule has 0 aromatic carbocycles. The van der Waals surface area contributed by atoms with Gasteiger partial charge in [0, 0.05) is 6.54 Å². The molecule has 1 saturated heterocycles. The molecule has 2 rings (SSSR count). The Labute approximate surface area is 117 Å². The van der Waals surface area contributed by atoms with Crippen LogP contribution in [0.1, 0.15) is 59.3 Å². The zero-order valence-electron chi connectivity index (χ0n) is 12.8. The summed E-state index contributed by atoms with van der Waals surface area (Å²) in [6.07, 6.45) is 7.62. The molecule has 0 aromatic rings. The van der Waals surface area contributed by atoms with Crippen molar-refractivity contribution in [2.45, 2.75) is 65.3 Å². The van der Waals surface area contributed by atoms with E-state index in [4.69, 9.17) is 0 Å². The highest BCUT2D eigenvalue weighted by molar-refractivity contribution is 5.82. The summed E-state index contributed by atoms with van der Waals surface area (Å²) >= 11 is 0. The second-order valence-electron chi connectivity index (χ2n) is 7.25. The highest BCUT2D eigenvalue weighted by Crippen LogP contribution is 2.31. The number of piperidine rings is 1. The fourth-order valence-corrected chi connectivity index (χ4v) is 3.69. The highest BCUT2D eigenvalue weighted by Gasteiger charge is 2.37. The van der Waals surface area contributed by atoms with Gasteiger partial charge >= 0.3 is 0 Å². The Morgan fingerprint density at radius 1 is 1.26 bits per heavy atom. The molecule has 0 radical (unpaired) electrons. The number of carbonyl (C=O) groups excluding carboxylic acids is 1. The summed E-state index contributed by atoms with van der Waals surface area (Å²) in [5, 5.41) is 6.60. The van der Waals surface area contributed by atoms with Gasteiger partial charge in [0.2, 0.25) is 5.91 Å². The first-order valence-corrected chi connectivity index (χ1v) is 8.02. The third kappa shape index (κ3) is 3.71. The minimum atomic E-state index is -0.0138. The molecule has 3 heteroatoms. The molecule has 3 atom stereocenters. The fraction of sp³-hybridized carbons (Fsp3) is 0.938. The van der Waals surface area contributed by atoms with Crippen LogP contribution in [-0.2, 0) is 4.79 Å². The maximum Gasteiger partial charge on any atom is 0.237 e. The van der Waals surface area contributed by atoms with Gasteiger partial charge in [-0.05, 0) is 43.1 Å². The number of nitrogens with one attached hydrogen (secondary N) is 2. The van der Waals surface area contributed by atoms with Crippen LogP contribution < -0.4 is 10.6 Å². The fourth-order valence-electron chi connectivity index (χ4n) is 3.69. The summed E-state index contributed by atoms with van der Waals surface area (Å²) in [6, 6.07) is -0.0138. The van der Waals surface area contributed by atoms with Crippen molar-refractivity contribution in [2.24, 2.45) is 17.3 Å². The Hall–Kier alpha value is -0.570. The zero-order valence-corrected chi connectivity index (χ0v) is 12.8. The van der Waals surface area contributed by atoms with Crippen molar-refractivity contribution >= 4 is 5.91 Å². The smallest absolute Gasteiger partial charge is 0.237 e. The first kappa shape index (κ1) is 14.8. The van der Waals surface area contributed by atoms with Crippen molar-refractivity contribution in [2.75, 3.05) is 13.1 Å². The van der Waals surface area contributed by atoms with Gasteiger partial charge in [-0.25, -0.2) is 0 Å². The molecular formula is C16H30N2O. The van der Waals surface area contributed by atoms with E-state index in [0.717, 1.165) is 25.4 Å². The number of rotatable bonds is 3. The second-order valence-corrected chi connectivity index (χ2v) is 7.25. The molecule has 2 N–H and O–H groups in total. The van der Waals surface area contributed by atoms with Crippen molar-refractivity contribution in [3.8, 4) is 0 Å². The largest absolute Gasteiger partial charge is 0.354 e. The lowest BCUT2D eigenvalue weighted by atomic mass is 9.77. The van der Waals surface area contributed by atoms with E-state index in [-0.39, 0.29) is 17.4 Å². The first-order chi connectivity index (χ1) is 9.00. The quantitative estimate of drug-likeness (QED) is 0.824. The van der Waals surface area contributed by atoms with Crippen LogP contribution in [0.4, 0.5) is 0 Å². The lowest BCUT2D eigenvalue weighted by Gasteiger charge is -2.38. The molecule has 0 aromatic heterocycles. The number of carbonyl (C=O) groups is 1. The lowest BCUT2D eigenvalue weighted by Crippen LogP contribution is -2.56. The monoisotopic (exact) mass is 266 g/mol. The second kappa shape index (κ2) is 6.25. The molecule has 2 aliphatic rings. The molecule has 3 unspecified atom stereocenters. The minimum absolute atomic E-state index is 0.0138. The van der Waals surface area contributed by atoms with E-state index in [1.54, 1.807) is 0 Å². The van der Waals surface area contributed by atoms with E-state index in [9.17, 15) is 4.79 Å². The summed E-state index contributed by atoms with van der Waals surface area (Å²) < 4.78 is 0. The third-order valence-corrected chi connectivity index (χ3v) is 5.22. The van der Waals surface area contributed by atoms with Gasteiger partial charge in [-0.1, -0.05) is 40.0 Å². The Morgan fingerprint density at radius 3 is 2.68 bits per heavy atom. The average Bonchev–Trinajstić information content (AvgIpc) is 2.37. The van der Waals surface area contributed by atoms with E-state index in [1.165, 1.54) is 32.1 Å². The summed E-state index contributed by atoms with van der Waals surface area (Å²) in [6.45, 7) is 8.58. The van der Waals surface area contributed by atoms with Crippen molar-refractivity contribution in [3.05, 3.63) is 0 Å². The van der Waals surface area contributed by atoms with E-state index in [1.807, 2.05) is 0 Å². The molecule has 1 heterocycles. The Morgan fingerprint density at radius 2 is 2.00 bits per heavy atom. The molecule has 19 heavy (non-hydrogen) atoms. The molecule has 1 aliphatic carbocycles. The van der Waals surface area contributed by atoms with Crippen molar-refractivity contribution in [3.63, 3.8) is 0 Å². The molecule has 2 fully saturated rings. The van der Waals surface area contributed by atoms with Crippen LogP contribution in [0, 0.1) is 17.3 Å². The van der Waals surface area contributed by atoms with Gasteiger partial charge in [0.15, 0.2) is 0 Å². The SMILES string of the molecule is CC1CCCCC1CNC(=O)C1NCCCC1(C)C. The number of hydrogen-bond acceptors (Lipinski definition) is 2. The van der Waals surface area contributed by atoms with Crippen molar-refractivity contribution in [1.29, 1.82) is 0 Å². The molecule has 1 saturated carbocycles.